The second-order valence-corrected chi connectivity index (χ2v) is 4.42. The van der Waals surface area contributed by atoms with Crippen LogP contribution in [0.25, 0.3) is 0 Å². The number of alkyl halides is 3. The van der Waals surface area contributed by atoms with E-state index in [2.05, 4.69) is 0 Å². The fraction of sp³-hybridized carbons (Fsp3) is 0.538. The Labute approximate surface area is 106 Å². The molecule has 0 aliphatic rings. The lowest BCUT2D eigenvalue weighted by molar-refractivity contribution is -0.145. The smallest absolute Gasteiger partial charge is 0.329 e. The summed E-state index contributed by atoms with van der Waals surface area (Å²) in [6.07, 6.45) is -3.56. The largest absolute Gasteiger partial charge is 0.401 e. The third-order valence-corrected chi connectivity index (χ3v) is 2.69. The molecule has 5 heteroatoms. The molecule has 0 saturated heterocycles. The lowest BCUT2D eigenvalue weighted by Gasteiger charge is -2.22. The first-order chi connectivity index (χ1) is 8.40. The van der Waals surface area contributed by atoms with E-state index in [0.717, 1.165) is 11.1 Å². The van der Waals surface area contributed by atoms with Crippen molar-refractivity contribution >= 4 is 0 Å². The molecule has 1 rings (SSSR count). The summed E-state index contributed by atoms with van der Waals surface area (Å²) in [5, 5.41) is 0. The standard InChI is InChI=1S/C13H19F3N2/c1-11-2-4-12(5-3-11)6-8-18(9-7-17)10-13(14,15)16/h2-5H,6-10,17H2,1H3. The Morgan fingerprint density at radius 2 is 1.72 bits per heavy atom. The van der Waals surface area contributed by atoms with Gasteiger partial charge in [0.2, 0.25) is 0 Å². The topological polar surface area (TPSA) is 29.3 Å². The van der Waals surface area contributed by atoms with Crippen LogP contribution in [0.1, 0.15) is 11.1 Å². The van der Waals surface area contributed by atoms with Crippen LogP contribution in [0.5, 0.6) is 0 Å². The molecule has 1 aromatic carbocycles. The number of nitrogens with zero attached hydrogens (tertiary/aromatic N) is 1. The van der Waals surface area contributed by atoms with Crippen LogP contribution in [0, 0.1) is 6.92 Å². The molecule has 0 saturated carbocycles. The highest BCUT2D eigenvalue weighted by atomic mass is 19.4. The summed E-state index contributed by atoms with van der Waals surface area (Å²) in [6.45, 7) is 1.97. The zero-order valence-electron chi connectivity index (χ0n) is 10.5. The van der Waals surface area contributed by atoms with Gasteiger partial charge in [0.05, 0.1) is 6.54 Å². The molecule has 0 heterocycles. The van der Waals surface area contributed by atoms with Crippen LogP contribution >= 0.6 is 0 Å². The summed E-state index contributed by atoms with van der Waals surface area (Å²) < 4.78 is 37.0. The third kappa shape index (κ3) is 6.02. The summed E-state index contributed by atoms with van der Waals surface area (Å²) in [7, 11) is 0. The van der Waals surface area contributed by atoms with Gasteiger partial charge in [-0.05, 0) is 18.9 Å². The van der Waals surface area contributed by atoms with Gasteiger partial charge in [0, 0.05) is 19.6 Å². The first kappa shape index (κ1) is 15.0. The number of rotatable bonds is 6. The lowest BCUT2D eigenvalue weighted by Crippen LogP contribution is -2.38. The molecule has 0 atom stereocenters. The minimum Gasteiger partial charge on any atom is -0.329 e. The van der Waals surface area contributed by atoms with Gasteiger partial charge in [0.25, 0.3) is 0 Å². The van der Waals surface area contributed by atoms with Crippen LogP contribution in [-0.4, -0.2) is 37.3 Å². The predicted octanol–water partition coefficient (Wildman–Crippen LogP) is 2.36. The molecule has 0 aromatic heterocycles. The van der Waals surface area contributed by atoms with Crippen molar-refractivity contribution in [3.63, 3.8) is 0 Å². The zero-order chi connectivity index (χ0) is 13.6. The Kier molecular flexibility index (Phi) is 5.62. The number of nitrogens with two attached hydrogens (primary N) is 1. The molecule has 0 bridgehead atoms. The van der Waals surface area contributed by atoms with E-state index >= 15 is 0 Å². The molecule has 0 unspecified atom stereocenters. The molecule has 0 spiro atoms. The fourth-order valence-corrected chi connectivity index (χ4v) is 1.75. The second-order valence-electron chi connectivity index (χ2n) is 4.42. The molecule has 1 aromatic rings. The third-order valence-electron chi connectivity index (χ3n) is 2.69. The monoisotopic (exact) mass is 260 g/mol. The summed E-state index contributed by atoms with van der Waals surface area (Å²) in [5.74, 6) is 0. The molecule has 2 nitrogen and oxygen atoms in total. The van der Waals surface area contributed by atoms with Gasteiger partial charge in [-0.3, -0.25) is 4.90 Å². The number of hydrogen-bond acceptors (Lipinski definition) is 2. The van der Waals surface area contributed by atoms with E-state index < -0.39 is 12.7 Å². The van der Waals surface area contributed by atoms with Gasteiger partial charge in [-0.25, -0.2) is 0 Å². The average Bonchev–Trinajstić information content (AvgIpc) is 2.26. The van der Waals surface area contributed by atoms with Crippen LogP contribution < -0.4 is 5.73 Å². The molecule has 0 aliphatic carbocycles. The Hall–Kier alpha value is -1.07. The summed E-state index contributed by atoms with van der Waals surface area (Å²) >= 11 is 0. The average molecular weight is 260 g/mol. The lowest BCUT2D eigenvalue weighted by atomic mass is 10.1. The van der Waals surface area contributed by atoms with E-state index in [-0.39, 0.29) is 13.1 Å². The Balaban J connectivity index is 2.48. The maximum absolute atomic E-state index is 12.3. The Bertz CT molecular complexity index is 346. The maximum Gasteiger partial charge on any atom is 0.401 e. The van der Waals surface area contributed by atoms with Crippen LogP contribution in [0.3, 0.4) is 0 Å². The van der Waals surface area contributed by atoms with Crippen molar-refractivity contribution in [2.75, 3.05) is 26.2 Å². The highest BCUT2D eigenvalue weighted by Gasteiger charge is 2.30. The van der Waals surface area contributed by atoms with Gasteiger partial charge in [0.15, 0.2) is 0 Å². The van der Waals surface area contributed by atoms with Gasteiger partial charge in [-0.2, -0.15) is 13.2 Å². The number of aryl methyl sites for hydroxylation is 1. The highest BCUT2D eigenvalue weighted by Crippen LogP contribution is 2.16. The van der Waals surface area contributed by atoms with Gasteiger partial charge in [0.1, 0.15) is 0 Å². The van der Waals surface area contributed by atoms with Crippen molar-refractivity contribution in [3.05, 3.63) is 35.4 Å². The van der Waals surface area contributed by atoms with Crippen LogP contribution in [0.4, 0.5) is 13.2 Å². The van der Waals surface area contributed by atoms with E-state index in [1.807, 2.05) is 31.2 Å². The number of benzene rings is 1. The van der Waals surface area contributed by atoms with Gasteiger partial charge in [-0.15, -0.1) is 0 Å². The molecule has 102 valence electrons. The molecule has 18 heavy (non-hydrogen) atoms. The van der Waals surface area contributed by atoms with Crippen molar-refractivity contribution in [2.45, 2.75) is 19.5 Å². The van der Waals surface area contributed by atoms with Gasteiger partial charge >= 0.3 is 6.18 Å². The molecule has 0 amide bonds. The fourth-order valence-electron chi connectivity index (χ4n) is 1.75. The van der Waals surface area contributed by atoms with Gasteiger partial charge < -0.3 is 5.73 Å². The van der Waals surface area contributed by atoms with E-state index in [0.29, 0.717) is 13.0 Å². The van der Waals surface area contributed by atoms with E-state index in [1.54, 1.807) is 0 Å². The van der Waals surface area contributed by atoms with Crippen LogP contribution in [-0.2, 0) is 6.42 Å². The number of hydrogen-bond donors (Lipinski definition) is 1. The van der Waals surface area contributed by atoms with E-state index in [4.69, 9.17) is 5.73 Å². The van der Waals surface area contributed by atoms with Crippen molar-refractivity contribution in [2.24, 2.45) is 5.73 Å². The summed E-state index contributed by atoms with van der Waals surface area (Å²) in [4.78, 5) is 1.35. The summed E-state index contributed by atoms with van der Waals surface area (Å²) in [5.41, 5.74) is 7.52. The molecular formula is C13H19F3N2. The molecule has 2 N–H and O–H groups in total. The predicted molar refractivity (Wildman–Crippen MR) is 66.4 cm³/mol. The first-order valence-corrected chi connectivity index (χ1v) is 5.95. The minimum atomic E-state index is -4.16. The summed E-state index contributed by atoms with van der Waals surface area (Å²) in [6, 6.07) is 7.83. The SMILES string of the molecule is Cc1ccc(CCN(CCN)CC(F)(F)F)cc1. The van der Waals surface area contributed by atoms with Crippen molar-refractivity contribution in [3.8, 4) is 0 Å². The second kappa shape index (κ2) is 6.75. The van der Waals surface area contributed by atoms with E-state index in [1.165, 1.54) is 4.90 Å². The molecule has 0 radical (unpaired) electrons. The normalized spacial score (nSPS) is 12.1. The highest BCUT2D eigenvalue weighted by molar-refractivity contribution is 5.21. The van der Waals surface area contributed by atoms with E-state index in [9.17, 15) is 13.2 Å². The minimum absolute atomic E-state index is 0.240. The Morgan fingerprint density at radius 1 is 1.11 bits per heavy atom. The molecular weight excluding hydrogens is 241 g/mol. The van der Waals surface area contributed by atoms with Crippen molar-refractivity contribution in [1.29, 1.82) is 0 Å². The van der Waals surface area contributed by atoms with Crippen molar-refractivity contribution in [1.82, 2.24) is 4.90 Å². The van der Waals surface area contributed by atoms with Crippen LogP contribution in [0.2, 0.25) is 0 Å². The number of halogens is 3. The quantitative estimate of drug-likeness (QED) is 0.850. The maximum atomic E-state index is 12.3. The van der Waals surface area contributed by atoms with Crippen molar-refractivity contribution < 1.29 is 13.2 Å². The molecule has 0 fully saturated rings. The first-order valence-electron chi connectivity index (χ1n) is 5.95. The molecule has 0 aliphatic heterocycles. The van der Waals surface area contributed by atoms with Crippen LogP contribution in [0.15, 0.2) is 24.3 Å². The zero-order valence-corrected chi connectivity index (χ0v) is 10.5. The van der Waals surface area contributed by atoms with Gasteiger partial charge in [-0.1, -0.05) is 29.8 Å². The Morgan fingerprint density at radius 3 is 2.22 bits per heavy atom.